The summed E-state index contributed by atoms with van der Waals surface area (Å²) in [4.78, 5) is 44.5. The number of halogens is 1. The van der Waals surface area contributed by atoms with Crippen LogP contribution in [0.15, 0.2) is 10.5 Å². The van der Waals surface area contributed by atoms with Crippen LogP contribution in [0.5, 0.6) is 0 Å². The number of β-lactam (4-membered cyclic amide) rings is 1. The standard InChI is InChI=1S/C13H14FN5O8S2/c14-3-6-8(10(21)19(6)29(24,25)26)17-9(20)7(5-4-28-12(15)16-5)18-27-13(1-2-13)11(22)23/h4,6,8H,1-3H2,(H2,15,16)(H,17,20)(H,22,23)(H,24,25,26)/b18-7-/t6-,8-/m0/s1. The number of nitrogens with two attached hydrogens (primary N) is 1. The molecule has 2 aliphatic rings. The predicted octanol–water partition coefficient (Wildman–Crippen LogP) is -1.47. The molecule has 0 unspecified atom stereocenters. The maximum atomic E-state index is 13.2. The van der Waals surface area contributed by atoms with Gasteiger partial charge in [0.2, 0.25) is 5.60 Å². The monoisotopic (exact) mass is 451 g/mol. The van der Waals surface area contributed by atoms with Gasteiger partial charge in [-0.05, 0) is 0 Å². The van der Waals surface area contributed by atoms with E-state index < -0.39 is 58.2 Å². The van der Waals surface area contributed by atoms with Gasteiger partial charge in [0.1, 0.15) is 24.5 Å². The number of hydrogen-bond donors (Lipinski definition) is 4. The predicted molar refractivity (Wildman–Crippen MR) is 93.8 cm³/mol. The molecule has 2 heterocycles. The number of carbonyl (C=O) groups excluding carboxylic acids is 2. The highest BCUT2D eigenvalue weighted by molar-refractivity contribution is 7.84. The molecule has 1 aliphatic carbocycles. The fourth-order valence-corrected chi connectivity index (χ4v) is 3.92. The van der Waals surface area contributed by atoms with Crippen molar-refractivity contribution in [2.24, 2.45) is 5.16 Å². The number of carboxylic acids is 1. The van der Waals surface area contributed by atoms with E-state index in [9.17, 15) is 27.2 Å². The van der Waals surface area contributed by atoms with Gasteiger partial charge >= 0.3 is 16.3 Å². The number of nitrogens with one attached hydrogen (secondary N) is 1. The molecule has 1 saturated carbocycles. The third kappa shape index (κ3) is 3.85. The van der Waals surface area contributed by atoms with Crippen molar-refractivity contribution in [3.63, 3.8) is 0 Å². The van der Waals surface area contributed by atoms with E-state index in [1.165, 1.54) is 5.38 Å². The fourth-order valence-electron chi connectivity index (χ4n) is 2.51. The number of alkyl halides is 1. The van der Waals surface area contributed by atoms with Crippen molar-refractivity contribution >= 4 is 50.3 Å². The van der Waals surface area contributed by atoms with Gasteiger partial charge in [-0.2, -0.15) is 8.42 Å². The van der Waals surface area contributed by atoms with Crippen LogP contribution in [0.3, 0.4) is 0 Å². The lowest BCUT2D eigenvalue weighted by molar-refractivity contribution is -0.153. The number of aliphatic carboxylic acids is 1. The Balaban J connectivity index is 1.82. The van der Waals surface area contributed by atoms with Gasteiger partial charge in [-0.15, -0.1) is 11.3 Å². The maximum Gasteiger partial charge on any atom is 0.362 e. The number of rotatable bonds is 8. The van der Waals surface area contributed by atoms with Crippen LogP contribution in [0, 0.1) is 0 Å². The number of anilines is 1. The minimum atomic E-state index is -5.00. The number of aromatic nitrogens is 1. The summed E-state index contributed by atoms with van der Waals surface area (Å²) in [7, 11) is -5.00. The normalized spacial score (nSPS) is 23.3. The van der Waals surface area contributed by atoms with Gasteiger partial charge in [0.05, 0.1) is 0 Å². The number of nitrogen functional groups attached to an aromatic ring is 1. The van der Waals surface area contributed by atoms with Crippen molar-refractivity contribution in [2.75, 3.05) is 12.4 Å². The van der Waals surface area contributed by atoms with Crippen molar-refractivity contribution in [2.45, 2.75) is 30.5 Å². The Bertz CT molecular complexity index is 1000. The zero-order valence-corrected chi connectivity index (χ0v) is 15.9. The largest absolute Gasteiger partial charge is 0.478 e. The van der Waals surface area contributed by atoms with Crippen LogP contribution in [0.25, 0.3) is 0 Å². The van der Waals surface area contributed by atoms with Crippen molar-refractivity contribution in [3.8, 4) is 0 Å². The molecule has 29 heavy (non-hydrogen) atoms. The molecule has 0 radical (unpaired) electrons. The smallest absolute Gasteiger partial charge is 0.362 e. The summed E-state index contributed by atoms with van der Waals surface area (Å²) < 4.78 is 44.3. The Morgan fingerprint density at radius 2 is 2.17 bits per heavy atom. The van der Waals surface area contributed by atoms with Crippen molar-refractivity contribution < 1.29 is 41.7 Å². The van der Waals surface area contributed by atoms with E-state index in [-0.39, 0.29) is 28.0 Å². The summed E-state index contributed by atoms with van der Waals surface area (Å²) in [5.41, 5.74) is 3.29. The number of nitrogens with zero attached hydrogens (tertiary/aromatic N) is 3. The molecule has 0 aromatic carbocycles. The molecule has 16 heteroatoms. The molecule has 3 rings (SSSR count). The molecule has 0 bridgehead atoms. The Morgan fingerprint density at radius 3 is 2.62 bits per heavy atom. The highest BCUT2D eigenvalue weighted by Gasteiger charge is 2.56. The number of hydrogen-bond acceptors (Lipinski definition) is 10. The van der Waals surface area contributed by atoms with Crippen LogP contribution in [0.2, 0.25) is 0 Å². The van der Waals surface area contributed by atoms with Gasteiger partial charge in [0.15, 0.2) is 10.8 Å². The van der Waals surface area contributed by atoms with Crippen LogP contribution >= 0.6 is 11.3 Å². The van der Waals surface area contributed by atoms with Gasteiger partial charge in [-0.25, -0.2) is 18.5 Å². The zero-order valence-electron chi connectivity index (χ0n) is 14.3. The van der Waals surface area contributed by atoms with Crippen LogP contribution < -0.4 is 11.1 Å². The third-order valence-corrected chi connectivity index (χ3v) is 5.87. The second-order valence-corrected chi connectivity index (χ2v) is 8.36. The third-order valence-electron chi connectivity index (χ3n) is 4.25. The molecule has 0 spiro atoms. The van der Waals surface area contributed by atoms with Crippen LogP contribution in [-0.4, -0.2) is 75.2 Å². The summed E-state index contributed by atoms with van der Waals surface area (Å²) in [6.45, 7) is -1.37. The maximum absolute atomic E-state index is 13.2. The van der Waals surface area contributed by atoms with Gasteiger partial charge in [0, 0.05) is 18.2 Å². The Morgan fingerprint density at radius 1 is 1.52 bits per heavy atom. The fraction of sp³-hybridized carbons (Fsp3) is 0.462. The highest BCUT2D eigenvalue weighted by Crippen LogP contribution is 2.40. The lowest BCUT2D eigenvalue weighted by atomic mass is 10.00. The van der Waals surface area contributed by atoms with Crippen molar-refractivity contribution in [3.05, 3.63) is 11.1 Å². The molecule has 158 valence electrons. The summed E-state index contributed by atoms with van der Waals surface area (Å²) in [6, 6.07) is -3.26. The minimum Gasteiger partial charge on any atom is -0.478 e. The second kappa shape index (κ2) is 7.20. The van der Waals surface area contributed by atoms with Gasteiger partial charge in [-0.1, -0.05) is 5.16 Å². The molecular formula is C13H14FN5O8S2. The molecular weight excluding hydrogens is 437 g/mol. The number of oxime groups is 1. The molecule has 2 atom stereocenters. The molecule has 1 aromatic heterocycles. The quantitative estimate of drug-likeness (QED) is 0.156. The summed E-state index contributed by atoms with van der Waals surface area (Å²) in [5, 5.41) is 16.1. The summed E-state index contributed by atoms with van der Waals surface area (Å²) in [5.74, 6) is -3.65. The molecule has 2 amide bonds. The second-order valence-electron chi connectivity index (χ2n) is 6.19. The molecule has 1 aliphatic heterocycles. The lowest BCUT2D eigenvalue weighted by Gasteiger charge is -2.42. The molecule has 13 nitrogen and oxygen atoms in total. The van der Waals surface area contributed by atoms with E-state index in [1.54, 1.807) is 0 Å². The van der Waals surface area contributed by atoms with Crippen molar-refractivity contribution in [1.82, 2.24) is 14.6 Å². The SMILES string of the molecule is Nc1nc(/C(=N/OC2(C(=O)O)CC2)C(=O)N[C@@H]2C(=O)N(S(=O)(=O)O)[C@H]2CF)cs1. The van der Waals surface area contributed by atoms with Crippen molar-refractivity contribution in [1.29, 1.82) is 0 Å². The van der Waals surface area contributed by atoms with Gasteiger partial charge in [0.25, 0.3) is 11.8 Å². The number of carbonyl (C=O) groups is 3. The number of thiazole rings is 1. The van der Waals surface area contributed by atoms with E-state index in [4.69, 9.17) is 20.2 Å². The first kappa shape index (κ1) is 20.9. The first-order chi connectivity index (χ1) is 13.5. The molecule has 2 fully saturated rings. The summed E-state index contributed by atoms with van der Waals surface area (Å²) >= 11 is 0.940. The Labute approximate surface area is 166 Å². The minimum absolute atomic E-state index is 0.0544. The van der Waals surface area contributed by atoms with Gasteiger partial charge < -0.3 is 21.0 Å². The van der Waals surface area contributed by atoms with E-state index >= 15 is 0 Å². The van der Waals surface area contributed by atoms with E-state index in [0.717, 1.165) is 11.3 Å². The first-order valence-electron chi connectivity index (χ1n) is 7.88. The average molecular weight is 451 g/mol. The summed E-state index contributed by atoms with van der Waals surface area (Å²) in [6.07, 6.45) is 0.322. The number of amides is 2. The highest BCUT2D eigenvalue weighted by atomic mass is 32.2. The Hall–Kier alpha value is -2.85. The topological polar surface area (TPSA) is 202 Å². The Kier molecular flexibility index (Phi) is 5.18. The molecule has 1 saturated heterocycles. The van der Waals surface area contributed by atoms with E-state index in [1.807, 2.05) is 0 Å². The molecule has 1 aromatic rings. The van der Waals surface area contributed by atoms with E-state index in [2.05, 4.69) is 15.5 Å². The van der Waals surface area contributed by atoms with Gasteiger partial charge in [-0.3, -0.25) is 14.1 Å². The van der Waals surface area contributed by atoms with E-state index in [0.29, 0.717) is 0 Å². The lowest BCUT2D eigenvalue weighted by Crippen LogP contribution is -2.73. The van der Waals surface area contributed by atoms with Crippen LogP contribution in [-0.2, 0) is 29.5 Å². The van der Waals surface area contributed by atoms with Crippen LogP contribution in [0.4, 0.5) is 9.52 Å². The zero-order chi connectivity index (χ0) is 21.6. The average Bonchev–Trinajstić information content (AvgIpc) is 3.31. The first-order valence-corrected chi connectivity index (χ1v) is 10.2. The van der Waals surface area contributed by atoms with Crippen LogP contribution in [0.1, 0.15) is 18.5 Å². The molecule has 5 N–H and O–H groups in total. The number of carboxylic acid groups (broad SMARTS) is 1.